The van der Waals surface area contributed by atoms with Crippen LogP contribution in [-0.4, -0.2) is 28.1 Å². The van der Waals surface area contributed by atoms with Crippen LogP contribution in [0.15, 0.2) is 24.5 Å². The van der Waals surface area contributed by atoms with Crippen LogP contribution in [0.5, 0.6) is 0 Å². The zero-order valence-corrected chi connectivity index (χ0v) is 13.5. The van der Waals surface area contributed by atoms with Gasteiger partial charge < -0.3 is 9.30 Å². The fourth-order valence-corrected chi connectivity index (χ4v) is 5.26. The molecule has 1 aliphatic heterocycles. The smallest absolute Gasteiger partial charge is 0.305 e. The van der Waals surface area contributed by atoms with Crippen molar-refractivity contribution in [1.82, 2.24) is 4.57 Å². The quantitative estimate of drug-likeness (QED) is 0.389. The summed E-state index contributed by atoms with van der Waals surface area (Å²) >= 11 is 0. The van der Waals surface area contributed by atoms with E-state index in [-0.39, 0.29) is 5.97 Å². The zero-order chi connectivity index (χ0) is 14.0. The van der Waals surface area contributed by atoms with Crippen molar-refractivity contribution in [2.24, 2.45) is 0 Å². The zero-order valence-electron chi connectivity index (χ0n) is 11.8. The topological polar surface area (TPSA) is 31.2 Å². The maximum Gasteiger partial charge on any atom is 0.305 e. The Bertz CT molecular complexity index is 375. The third kappa shape index (κ3) is 6.27. The molecular formula is C15H23NO2S2. The molecule has 1 atom stereocenters. The van der Waals surface area contributed by atoms with Gasteiger partial charge in [0.05, 0.1) is 6.61 Å². The molecule has 0 N–H and O–H groups in total. The van der Waals surface area contributed by atoms with Crippen LogP contribution in [0, 0.1) is 0 Å². The molecule has 0 radical (unpaired) electrons. The minimum absolute atomic E-state index is 0.0362. The van der Waals surface area contributed by atoms with Crippen molar-refractivity contribution < 1.29 is 9.53 Å². The molecule has 3 nitrogen and oxygen atoms in total. The van der Waals surface area contributed by atoms with E-state index in [0.717, 1.165) is 31.1 Å². The highest BCUT2D eigenvalue weighted by molar-refractivity contribution is 8.77. The first kappa shape index (κ1) is 15.8. The molecule has 5 heteroatoms. The predicted molar refractivity (Wildman–Crippen MR) is 86.9 cm³/mol. The third-order valence-corrected chi connectivity index (χ3v) is 6.38. The predicted octanol–water partition coefficient (Wildman–Crippen LogP) is 4.14. The summed E-state index contributed by atoms with van der Waals surface area (Å²) in [5, 5.41) is 0.817. The lowest BCUT2D eigenvalue weighted by Gasteiger charge is -2.07. The SMILES string of the molecule is O=C(CCCC[C@H]1CCSS1)OCCCn1cccc1. The van der Waals surface area contributed by atoms with E-state index < -0.39 is 0 Å². The number of carbonyl (C=O) groups excluding carboxylic acids is 1. The van der Waals surface area contributed by atoms with Gasteiger partial charge in [0.15, 0.2) is 0 Å². The summed E-state index contributed by atoms with van der Waals surface area (Å²) in [6.07, 6.45) is 10.2. The second kappa shape index (κ2) is 9.40. The minimum atomic E-state index is -0.0362. The molecule has 0 saturated carbocycles. The lowest BCUT2D eigenvalue weighted by molar-refractivity contribution is -0.143. The first-order valence-electron chi connectivity index (χ1n) is 7.39. The molecule has 0 bridgehead atoms. The largest absolute Gasteiger partial charge is 0.466 e. The number of hydrogen-bond donors (Lipinski definition) is 0. The van der Waals surface area contributed by atoms with Crippen molar-refractivity contribution in [2.45, 2.75) is 50.3 Å². The Balaban J connectivity index is 1.42. The maximum absolute atomic E-state index is 11.6. The summed E-state index contributed by atoms with van der Waals surface area (Å²) in [4.78, 5) is 11.6. The van der Waals surface area contributed by atoms with E-state index in [0.29, 0.717) is 13.0 Å². The Labute approximate surface area is 129 Å². The number of nitrogens with zero attached hydrogens (tertiary/aromatic N) is 1. The van der Waals surface area contributed by atoms with Crippen LogP contribution in [0.3, 0.4) is 0 Å². The first-order chi connectivity index (χ1) is 9.84. The summed E-state index contributed by atoms with van der Waals surface area (Å²) in [6, 6.07) is 4.01. The van der Waals surface area contributed by atoms with Crippen LogP contribution in [0.1, 0.15) is 38.5 Å². The van der Waals surface area contributed by atoms with Crippen molar-refractivity contribution in [3.63, 3.8) is 0 Å². The molecule has 2 heterocycles. The van der Waals surface area contributed by atoms with Crippen LogP contribution in [0.2, 0.25) is 0 Å². The Hall–Kier alpha value is -0.550. The normalized spacial score (nSPS) is 18.3. The van der Waals surface area contributed by atoms with Crippen molar-refractivity contribution >= 4 is 27.6 Å². The molecule has 0 amide bonds. The number of carbonyl (C=O) groups is 1. The van der Waals surface area contributed by atoms with Crippen molar-refractivity contribution in [3.8, 4) is 0 Å². The van der Waals surface area contributed by atoms with Crippen LogP contribution < -0.4 is 0 Å². The van der Waals surface area contributed by atoms with Gasteiger partial charge in [-0.2, -0.15) is 0 Å². The molecule has 1 aromatic rings. The van der Waals surface area contributed by atoms with Gasteiger partial charge in [0.25, 0.3) is 0 Å². The number of aryl methyl sites for hydroxylation is 1. The molecule has 20 heavy (non-hydrogen) atoms. The van der Waals surface area contributed by atoms with Gasteiger partial charge in [0.2, 0.25) is 0 Å². The van der Waals surface area contributed by atoms with Crippen molar-refractivity contribution in [2.75, 3.05) is 12.4 Å². The first-order valence-corrected chi connectivity index (χ1v) is 9.77. The molecule has 1 saturated heterocycles. The Kier molecular flexibility index (Phi) is 7.44. The van der Waals surface area contributed by atoms with Gasteiger partial charge in [-0.05, 0) is 37.8 Å². The van der Waals surface area contributed by atoms with Crippen LogP contribution in [0.4, 0.5) is 0 Å². The highest BCUT2D eigenvalue weighted by Crippen LogP contribution is 2.39. The van der Waals surface area contributed by atoms with Gasteiger partial charge in [-0.25, -0.2) is 0 Å². The second-order valence-corrected chi connectivity index (χ2v) is 7.86. The van der Waals surface area contributed by atoms with Gasteiger partial charge >= 0.3 is 5.97 Å². The lowest BCUT2D eigenvalue weighted by Crippen LogP contribution is -2.08. The lowest BCUT2D eigenvalue weighted by atomic mass is 10.1. The molecule has 0 unspecified atom stereocenters. The Morgan fingerprint density at radius 1 is 1.25 bits per heavy atom. The summed E-state index contributed by atoms with van der Waals surface area (Å²) in [6.45, 7) is 1.45. The van der Waals surface area contributed by atoms with Crippen molar-refractivity contribution in [1.29, 1.82) is 0 Å². The van der Waals surface area contributed by atoms with Crippen molar-refractivity contribution in [3.05, 3.63) is 24.5 Å². The monoisotopic (exact) mass is 313 g/mol. The highest BCUT2D eigenvalue weighted by atomic mass is 33.1. The number of unbranched alkanes of at least 4 members (excludes halogenated alkanes) is 1. The molecule has 1 fully saturated rings. The molecule has 0 spiro atoms. The molecule has 1 aromatic heterocycles. The summed E-state index contributed by atoms with van der Waals surface area (Å²) in [7, 11) is 4.00. The van der Waals surface area contributed by atoms with Gasteiger partial charge in [-0.1, -0.05) is 28.0 Å². The Morgan fingerprint density at radius 2 is 2.10 bits per heavy atom. The van der Waals surface area contributed by atoms with Gasteiger partial charge in [-0.3, -0.25) is 4.79 Å². The molecule has 0 aromatic carbocycles. The molecule has 1 aliphatic rings. The average molecular weight is 313 g/mol. The minimum Gasteiger partial charge on any atom is -0.466 e. The van der Waals surface area contributed by atoms with Gasteiger partial charge in [0, 0.05) is 36.4 Å². The summed E-state index contributed by atoms with van der Waals surface area (Å²) < 4.78 is 7.35. The summed E-state index contributed by atoms with van der Waals surface area (Å²) in [5.74, 6) is 1.25. The Morgan fingerprint density at radius 3 is 2.85 bits per heavy atom. The number of aromatic nitrogens is 1. The number of rotatable bonds is 9. The maximum atomic E-state index is 11.6. The summed E-state index contributed by atoms with van der Waals surface area (Å²) in [5.41, 5.74) is 0. The molecule has 2 rings (SSSR count). The molecule has 112 valence electrons. The van der Waals surface area contributed by atoms with Gasteiger partial charge in [-0.15, -0.1) is 0 Å². The van der Waals surface area contributed by atoms with Crippen LogP contribution >= 0.6 is 21.6 Å². The van der Waals surface area contributed by atoms with E-state index in [1.807, 2.05) is 46.1 Å². The fourth-order valence-electron chi connectivity index (χ4n) is 2.23. The highest BCUT2D eigenvalue weighted by Gasteiger charge is 2.15. The van der Waals surface area contributed by atoms with Gasteiger partial charge in [0.1, 0.15) is 0 Å². The van der Waals surface area contributed by atoms with E-state index >= 15 is 0 Å². The molecule has 0 aliphatic carbocycles. The fraction of sp³-hybridized carbons (Fsp3) is 0.667. The van der Waals surface area contributed by atoms with E-state index in [2.05, 4.69) is 4.57 Å². The van der Waals surface area contributed by atoms with Crippen LogP contribution in [-0.2, 0) is 16.1 Å². The average Bonchev–Trinajstić information content (AvgIpc) is 3.13. The third-order valence-electron chi connectivity index (χ3n) is 3.37. The van der Waals surface area contributed by atoms with E-state index in [1.54, 1.807) is 0 Å². The standard InChI is InChI=1S/C15H23NO2S2/c17-15(7-2-1-6-14-8-13-19-20-14)18-12-5-11-16-9-3-4-10-16/h3-4,9-10,14H,1-2,5-8,11-13H2/t14-/m0/s1. The van der Waals surface area contributed by atoms with Crippen LogP contribution in [0.25, 0.3) is 0 Å². The van der Waals surface area contributed by atoms with E-state index in [9.17, 15) is 4.79 Å². The number of ether oxygens (including phenoxy) is 1. The number of hydrogen-bond acceptors (Lipinski definition) is 4. The number of esters is 1. The molecular weight excluding hydrogens is 290 g/mol. The van der Waals surface area contributed by atoms with E-state index in [1.165, 1.54) is 18.6 Å². The van der Waals surface area contributed by atoms with E-state index in [4.69, 9.17) is 4.74 Å². The second-order valence-electron chi connectivity index (χ2n) is 5.07.